The number of methoxy groups -OCH3 is 2. The van der Waals surface area contributed by atoms with Crippen molar-refractivity contribution in [3.8, 4) is 0 Å². The molecule has 482 valence electrons. The van der Waals surface area contributed by atoms with E-state index in [0.717, 1.165) is 22.3 Å². The first-order valence-electron chi connectivity index (χ1n) is 30.0. The highest BCUT2D eigenvalue weighted by atomic mass is 35.5. The highest BCUT2D eigenvalue weighted by molar-refractivity contribution is 6.31. The molecule has 4 N–H and O–H groups in total. The molecule has 0 aliphatic carbocycles. The summed E-state index contributed by atoms with van der Waals surface area (Å²) in [4.78, 5) is 95.5. The lowest BCUT2D eigenvalue weighted by Crippen LogP contribution is -2.58. The van der Waals surface area contributed by atoms with E-state index in [4.69, 9.17) is 61.6 Å². The van der Waals surface area contributed by atoms with Crippen LogP contribution in [0.15, 0.2) is 95.2 Å². The van der Waals surface area contributed by atoms with Gasteiger partial charge in [-0.2, -0.15) is 0 Å². The molecule has 28 heteroatoms. The number of rotatable bonds is 28. The van der Waals surface area contributed by atoms with Gasteiger partial charge in [0.2, 0.25) is 35.4 Å². The van der Waals surface area contributed by atoms with Crippen LogP contribution in [-0.2, 0) is 96.3 Å². The van der Waals surface area contributed by atoms with Crippen LogP contribution >= 0.6 is 23.2 Å². The molecule has 0 radical (unpaired) electrons. The molecule has 0 bridgehead atoms. The summed E-state index contributed by atoms with van der Waals surface area (Å²) in [5.74, 6) is -2.24. The number of benzene rings is 3. The van der Waals surface area contributed by atoms with E-state index in [1.807, 2.05) is 36.4 Å². The van der Waals surface area contributed by atoms with Gasteiger partial charge in [0.05, 0.1) is 77.2 Å². The molecule has 0 saturated carbocycles. The van der Waals surface area contributed by atoms with Gasteiger partial charge in [-0.1, -0.05) is 82.2 Å². The van der Waals surface area contributed by atoms with Crippen LogP contribution in [0.5, 0.6) is 0 Å². The summed E-state index contributed by atoms with van der Waals surface area (Å²) in [6, 6.07) is 17.5. The van der Waals surface area contributed by atoms with Gasteiger partial charge < -0.3 is 59.5 Å². The van der Waals surface area contributed by atoms with Gasteiger partial charge in [0.1, 0.15) is 48.8 Å². The highest BCUT2D eigenvalue weighted by Crippen LogP contribution is 2.34. The maximum Gasteiger partial charge on any atom is 0.337 e. The molecule has 4 amide bonds. The molecular formula is C62H78Cl2N14O12. The Bertz CT molecular complexity index is 3220. The molecule has 4 aliphatic heterocycles. The third-order valence-electron chi connectivity index (χ3n) is 16.7. The minimum atomic E-state index is -1.38. The zero-order valence-corrected chi connectivity index (χ0v) is 53.2. The largest absolute Gasteiger partial charge is 0.476 e. The molecule has 2 fully saturated rings. The van der Waals surface area contributed by atoms with Crippen molar-refractivity contribution in [2.75, 3.05) is 54.6 Å². The minimum absolute atomic E-state index is 0.0131. The highest BCUT2D eigenvalue weighted by Gasteiger charge is 2.51. The summed E-state index contributed by atoms with van der Waals surface area (Å²) in [6.07, 6.45) is 4.52. The number of aliphatic imine (C=N–C) groups is 2. The average molecular weight is 1280 g/mol. The van der Waals surface area contributed by atoms with Gasteiger partial charge in [0.15, 0.2) is 11.1 Å². The monoisotopic (exact) mass is 1280 g/mol. The van der Waals surface area contributed by atoms with Crippen LogP contribution in [0.2, 0.25) is 10.0 Å². The number of carbonyl (C=O) groups excluding carboxylic acids is 6. The Morgan fingerprint density at radius 1 is 0.600 bits per heavy atom. The Balaban J connectivity index is 0.787. The Morgan fingerprint density at radius 3 is 1.37 bits per heavy atom. The third-order valence-corrected chi connectivity index (χ3v) is 17.2. The Labute approximate surface area is 532 Å². The van der Waals surface area contributed by atoms with Gasteiger partial charge in [-0.05, 0) is 114 Å². The van der Waals surface area contributed by atoms with Crippen molar-refractivity contribution in [3.05, 3.63) is 129 Å². The van der Waals surface area contributed by atoms with Crippen LogP contribution in [0.3, 0.4) is 0 Å². The number of aromatic nitrogens is 6. The lowest BCUT2D eigenvalue weighted by Gasteiger charge is -2.32. The van der Waals surface area contributed by atoms with E-state index < -0.39 is 95.1 Å². The van der Waals surface area contributed by atoms with E-state index in [2.05, 4.69) is 41.9 Å². The number of ether oxygens (including phenoxy) is 6. The number of esters is 2. The third kappa shape index (κ3) is 15.8. The molecule has 90 heavy (non-hydrogen) atoms. The number of hydrogen-bond acceptors (Lipinski definition) is 20. The van der Waals surface area contributed by atoms with Gasteiger partial charge in [0, 0.05) is 36.0 Å². The fourth-order valence-electron chi connectivity index (χ4n) is 11.4. The summed E-state index contributed by atoms with van der Waals surface area (Å²) in [5.41, 5.74) is 1.66. The molecule has 2 saturated heterocycles. The van der Waals surface area contributed by atoms with Crippen molar-refractivity contribution >= 4 is 70.6 Å². The maximum atomic E-state index is 14.6. The van der Waals surface area contributed by atoms with Crippen LogP contribution in [0, 0.1) is 0 Å². The van der Waals surface area contributed by atoms with E-state index >= 15 is 0 Å². The number of likely N-dealkylation sites (tertiary alicyclic amines) is 2. The standard InChI is InChI=1S/C62H78Cl2N14O12/c1-37(65-5)53(79)67-51(57(81)77-23-11-17-49(77)55-69-61(35-89-55,59(83)85-7)27-43-13-9-15-45(63)25-43)39(3)87-33-47-31-75(73-71-47)29-41-19-21-42(22-20-41)30-76-32-48(72-74-76)34-88-40(4)52(68-54(80)38(2)66-6)58(82)78-24-12-18-50(78)56-70-62(36-90-56,60(84)86-8)28-44-14-10-16-46(64)26-44/h9-10,13-16,19-22,25-26,31-32,37-40,49-52,65-66H,11-12,17-18,23-24,27-30,33-36H2,1-8H3,(H,67,79)(H,68,80)/t37?,38?,39-,40-,49-,50-,51?,52?,61+,62+/m0/s1. The van der Waals surface area contributed by atoms with E-state index in [-0.39, 0.29) is 51.1 Å². The first-order valence-corrected chi connectivity index (χ1v) is 30.8. The number of carbonyl (C=O) groups is 6. The molecule has 4 unspecified atom stereocenters. The first-order chi connectivity index (χ1) is 43.2. The summed E-state index contributed by atoms with van der Waals surface area (Å²) < 4.78 is 38.6. The first kappa shape index (κ1) is 66.5. The van der Waals surface area contributed by atoms with E-state index in [0.29, 0.717) is 73.3 Å². The lowest BCUT2D eigenvalue weighted by atomic mass is 9.92. The fraction of sp³-hybridized carbons (Fsp3) is 0.516. The van der Waals surface area contributed by atoms with Crippen molar-refractivity contribution in [3.63, 3.8) is 0 Å². The molecule has 26 nitrogen and oxygen atoms in total. The SMILES string of the molecule is CNC(C)C(=O)NC(C(=O)N1CCC[C@H]1C1=N[C@@](Cc2cccc(Cl)c2)(C(=O)OC)CO1)[C@H](C)OCc1cn(Cc2ccc(Cn3cc(CO[C@@H](C)C(NC(=O)C(C)NC)C(=O)N4CCC[C@H]4C4=N[C@@](Cc5cccc(Cl)c5)(C(=O)OC)CO4)nn3)cc2)nn1. The van der Waals surface area contributed by atoms with Crippen LogP contribution in [-0.4, -0.2) is 201 Å². The van der Waals surface area contributed by atoms with Crippen LogP contribution < -0.4 is 21.3 Å². The quantitative estimate of drug-likeness (QED) is 0.0522. The number of nitrogens with zero attached hydrogens (tertiary/aromatic N) is 10. The van der Waals surface area contributed by atoms with Crippen LogP contribution in [0.1, 0.15) is 87.0 Å². The van der Waals surface area contributed by atoms with Crippen molar-refractivity contribution in [1.82, 2.24) is 61.1 Å². The minimum Gasteiger partial charge on any atom is -0.476 e. The molecule has 4 aliphatic rings. The van der Waals surface area contributed by atoms with Crippen molar-refractivity contribution in [2.45, 2.75) is 152 Å². The second-order valence-electron chi connectivity index (χ2n) is 23.2. The number of halogens is 2. The molecule has 6 heterocycles. The molecule has 5 aromatic rings. The van der Waals surface area contributed by atoms with Gasteiger partial charge >= 0.3 is 11.9 Å². The predicted molar refractivity (Wildman–Crippen MR) is 330 cm³/mol. The molecular weight excluding hydrogens is 1200 g/mol. The second-order valence-corrected chi connectivity index (χ2v) is 24.0. The Morgan fingerprint density at radius 2 is 1.00 bits per heavy atom. The van der Waals surface area contributed by atoms with Gasteiger partial charge in [-0.25, -0.2) is 28.9 Å². The van der Waals surface area contributed by atoms with E-state index in [1.54, 1.807) is 110 Å². The topological polar surface area (TPSA) is 299 Å². The number of likely N-dealkylation sites (N-methyl/N-ethyl adjacent to an activating group) is 2. The smallest absolute Gasteiger partial charge is 0.337 e. The zero-order chi connectivity index (χ0) is 64.3. The molecule has 3 aromatic carbocycles. The molecule has 0 spiro atoms. The van der Waals surface area contributed by atoms with Crippen LogP contribution in [0.25, 0.3) is 0 Å². The number of amides is 4. The van der Waals surface area contributed by atoms with Crippen molar-refractivity contribution in [1.29, 1.82) is 0 Å². The predicted octanol–water partition coefficient (Wildman–Crippen LogP) is 3.42. The molecule has 2 aromatic heterocycles. The summed E-state index contributed by atoms with van der Waals surface area (Å²) >= 11 is 12.5. The normalized spacial score (nSPS) is 21.7. The number of nitrogens with one attached hydrogen (secondary N) is 4. The average Bonchev–Trinajstić information content (AvgIpc) is 1.82. The summed E-state index contributed by atoms with van der Waals surface area (Å²) in [5, 5.41) is 30.0. The number of hydrogen-bond donors (Lipinski definition) is 4. The molecule has 9 rings (SSSR count). The summed E-state index contributed by atoms with van der Waals surface area (Å²) in [7, 11) is 5.90. The summed E-state index contributed by atoms with van der Waals surface area (Å²) in [6.45, 7) is 8.12. The van der Waals surface area contributed by atoms with Crippen molar-refractivity contribution < 1.29 is 57.2 Å². The van der Waals surface area contributed by atoms with Gasteiger partial charge in [0.25, 0.3) is 0 Å². The maximum absolute atomic E-state index is 14.6. The second kappa shape index (κ2) is 29.8. The Kier molecular flexibility index (Phi) is 22.1. The molecule has 10 atom stereocenters. The van der Waals surface area contributed by atoms with Gasteiger partial charge in [-0.3, -0.25) is 19.2 Å². The van der Waals surface area contributed by atoms with E-state index in [1.165, 1.54) is 14.2 Å². The fourth-order valence-corrected chi connectivity index (χ4v) is 11.8. The van der Waals surface area contributed by atoms with Crippen LogP contribution in [0.4, 0.5) is 0 Å². The van der Waals surface area contributed by atoms with Gasteiger partial charge in [-0.15, -0.1) is 10.2 Å². The zero-order valence-electron chi connectivity index (χ0n) is 51.7. The lowest BCUT2D eigenvalue weighted by molar-refractivity contribution is -0.148. The Hall–Kier alpha value is -7.88. The van der Waals surface area contributed by atoms with E-state index in [9.17, 15) is 28.8 Å². The van der Waals surface area contributed by atoms with Crippen molar-refractivity contribution in [2.24, 2.45) is 9.98 Å².